The van der Waals surface area contributed by atoms with E-state index >= 15 is 0 Å². The van der Waals surface area contributed by atoms with Crippen LogP contribution in [0.3, 0.4) is 0 Å². The number of halogens is 1. The molecule has 0 atom stereocenters. The molecule has 0 fully saturated rings. The molecule has 1 radical (unpaired) electrons. The minimum atomic E-state index is 0.767. The first-order chi connectivity index (χ1) is 7.25. The van der Waals surface area contributed by atoms with Crippen LogP contribution >= 0.6 is 22.9 Å². The largest absolute Gasteiger partial charge is 0.355 e. The lowest BCUT2D eigenvalue weighted by molar-refractivity contribution is 0.904. The van der Waals surface area contributed by atoms with Gasteiger partial charge in [0.25, 0.3) is 0 Å². The van der Waals surface area contributed by atoms with Crippen LogP contribution in [0.1, 0.15) is 5.56 Å². The molecular formula is C11H10ClN2S. The third kappa shape index (κ3) is 2.70. The number of anilines is 1. The molecule has 2 rings (SSSR count). The molecule has 2 aromatic rings. The van der Waals surface area contributed by atoms with Crippen LogP contribution in [0.4, 0.5) is 5.82 Å². The highest BCUT2D eigenvalue weighted by molar-refractivity contribution is 7.07. The fraction of sp³-hybridized carbons (Fsp3) is 0.182. The van der Waals surface area contributed by atoms with Gasteiger partial charge in [-0.3, -0.25) is 0 Å². The maximum Gasteiger partial charge on any atom is 0.154 e. The monoisotopic (exact) mass is 237 g/mol. The number of hydrogen-bond acceptors (Lipinski definition) is 3. The van der Waals surface area contributed by atoms with Gasteiger partial charge in [-0.15, -0.1) is 11.3 Å². The summed E-state index contributed by atoms with van der Waals surface area (Å²) in [5, 5.41) is 2.75. The van der Waals surface area contributed by atoms with Crippen LogP contribution in [0.25, 0.3) is 0 Å². The standard InChI is InChI=1S/C11H10ClN2S/c1-14(11-7-15-8-13-11)6-9-2-4-10(12)5-3-9/h2-5,7H,6H2,1H3. The normalized spacial score (nSPS) is 10.3. The maximum atomic E-state index is 5.82. The Hall–Kier alpha value is -1.06. The number of aromatic nitrogens is 1. The topological polar surface area (TPSA) is 16.1 Å². The van der Waals surface area contributed by atoms with Gasteiger partial charge in [-0.25, -0.2) is 4.98 Å². The fourth-order valence-electron chi connectivity index (χ4n) is 1.30. The van der Waals surface area contributed by atoms with Crippen LogP contribution in [0.15, 0.2) is 29.6 Å². The molecule has 1 aromatic heterocycles. The van der Waals surface area contributed by atoms with Crippen molar-refractivity contribution < 1.29 is 0 Å². The molecule has 0 unspecified atom stereocenters. The Morgan fingerprint density at radius 3 is 2.73 bits per heavy atom. The molecule has 0 saturated carbocycles. The van der Waals surface area contributed by atoms with Gasteiger partial charge in [-0.1, -0.05) is 23.7 Å². The van der Waals surface area contributed by atoms with Crippen molar-refractivity contribution in [1.29, 1.82) is 0 Å². The molecule has 0 N–H and O–H groups in total. The zero-order chi connectivity index (χ0) is 10.7. The fourth-order valence-corrected chi connectivity index (χ4v) is 1.96. The minimum absolute atomic E-state index is 0.767. The third-order valence-electron chi connectivity index (χ3n) is 2.10. The van der Waals surface area contributed by atoms with E-state index in [9.17, 15) is 0 Å². The predicted molar refractivity (Wildman–Crippen MR) is 64.5 cm³/mol. The zero-order valence-electron chi connectivity index (χ0n) is 8.27. The van der Waals surface area contributed by atoms with Gasteiger partial charge < -0.3 is 4.90 Å². The van der Waals surface area contributed by atoms with E-state index in [0.717, 1.165) is 17.4 Å². The second kappa shape index (κ2) is 4.64. The van der Waals surface area contributed by atoms with Crippen molar-refractivity contribution in [1.82, 2.24) is 4.98 Å². The molecule has 2 nitrogen and oxygen atoms in total. The highest BCUT2D eigenvalue weighted by atomic mass is 35.5. The Morgan fingerprint density at radius 1 is 1.40 bits per heavy atom. The first-order valence-corrected chi connectivity index (χ1v) is 5.78. The van der Waals surface area contributed by atoms with E-state index in [2.05, 4.69) is 15.4 Å². The van der Waals surface area contributed by atoms with Crippen LogP contribution in [0.5, 0.6) is 0 Å². The molecule has 0 saturated heterocycles. The van der Waals surface area contributed by atoms with Crippen molar-refractivity contribution >= 4 is 28.8 Å². The molecule has 4 heteroatoms. The van der Waals surface area contributed by atoms with E-state index in [0.29, 0.717) is 0 Å². The van der Waals surface area contributed by atoms with Gasteiger partial charge in [0.15, 0.2) is 5.51 Å². The van der Waals surface area contributed by atoms with Gasteiger partial charge in [0.05, 0.1) is 0 Å². The highest BCUT2D eigenvalue weighted by Crippen LogP contribution is 2.16. The molecule has 0 aliphatic heterocycles. The smallest absolute Gasteiger partial charge is 0.154 e. The predicted octanol–water partition coefficient (Wildman–Crippen LogP) is 3.23. The molecule has 77 valence electrons. The third-order valence-corrected chi connectivity index (χ3v) is 2.88. The molecule has 0 aliphatic rings. The van der Waals surface area contributed by atoms with Gasteiger partial charge in [-0.2, -0.15) is 0 Å². The van der Waals surface area contributed by atoms with Crippen LogP contribution in [0, 0.1) is 5.51 Å². The molecule has 1 aromatic carbocycles. The van der Waals surface area contributed by atoms with Crippen LogP contribution in [-0.2, 0) is 6.54 Å². The number of thiazole rings is 1. The summed E-state index contributed by atoms with van der Waals surface area (Å²) in [6.07, 6.45) is 0. The van der Waals surface area contributed by atoms with E-state index in [1.807, 2.05) is 36.7 Å². The second-order valence-electron chi connectivity index (χ2n) is 3.28. The van der Waals surface area contributed by atoms with E-state index in [-0.39, 0.29) is 0 Å². The summed E-state index contributed by atoms with van der Waals surface area (Å²) >= 11 is 7.30. The van der Waals surface area contributed by atoms with Crippen molar-refractivity contribution in [2.45, 2.75) is 6.54 Å². The lowest BCUT2D eigenvalue weighted by Crippen LogP contribution is -2.16. The van der Waals surface area contributed by atoms with Gasteiger partial charge in [-0.05, 0) is 17.7 Å². The zero-order valence-corrected chi connectivity index (χ0v) is 9.85. The van der Waals surface area contributed by atoms with Crippen LogP contribution in [0.2, 0.25) is 5.02 Å². The van der Waals surface area contributed by atoms with Gasteiger partial charge >= 0.3 is 0 Å². The first-order valence-electron chi connectivity index (χ1n) is 4.53. The Kier molecular flexibility index (Phi) is 3.23. The van der Waals surface area contributed by atoms with Crippen molar-refractivity contribution in [3.63, 3.8) is 0 Å². The van der Waals surface area contributed by atoms with Crippen molar-refractivity contribution in [3.8, 4) is 0 Å². The summed E-state index contributed by atoms with van der Waals surface area (Å²) in [6.45, 7) is 0.828. The van der Waals surface area contributed by atoms with E-state index in [1.165, 1.54) is 16.9 Å². The molecule has 0 bridgehead atoms. The average Bonchev–Trinajstić information content (AvgIpc) is 2.74. The number of nitrogens with zero attached hydrogens (tertiary/aromatic N) is 2. The molecule has 1 heterocycles. The summed E-state index contributed by atoms with van der Waals surface area (Å²) in [5.41, 5.74) is 4.05. The highest BCUT2D eigenvalue weighted by Gasteiger charge is 2.03. The maximum absolute atomic E-state index is 5.82. The Morgan fingerprint density at radius 2 is 2.13 bits per heavy atom. The van der Waals surface area contributed by atoms with E-state index in [1.54, 1.807) is 0 Å². The van der Waals surface area contributed by atoms with E-state index < -0.39 is 0 Å². The van der Waals surface area contributed by atoms with E-state index in [4.69, 9.17) is 11.6 Å². The number of rotatable bonds is 3. The summed E-state index contributed by atoms with van der Waals surface area (Å²) in [5.74, 6) is 0.954. The molecule has 0 aliphatic carbocycles. The van der Waals surface area contributed by atoms with Crippen molar-refractivity contribution in [2.75, 3.05) is 11.9 Å². The number of hydrogen-bond donors (Lipinski definition) is 0. The minimum Gasteiger partial charge on any atom is -0.355 e. The van der Waals surface area contributed by atoms with Crippen LogP contribution in [-0.4, -0.2) is 12.0 Å². The van der Waals surface area contributed by atoms with Crippen molar-refractivity contribution in [2.24, 2.45) is 0 Å². The summed E-state index contributed by atoms with van der Waals surface area (Å²) in [7, 11) is 2.01. The Balaban J connectivity index is 2.06. The number of benzene rings is 1. The average molecular weight is 238 g/mol. The lowest BCUT2D eigenvalue weighted by Gasteiger charge is -2.15. The van der Waals surface area contributed by atoms with Gasteiger partial charge in [0.1, 0.15) is 5.82 Å². The quantitative estimate of drug-likeness (QED) is 0.815. The summed E-state index contributed by atoms with van der Waals surface area (Å²) in [4.78, 5) is 6.20. The summed E-state index contributed by atoms with van der Waals surface area (Å²) < 4.78 is 0. The summed E-state index contributed by atoms with van der Waals surface area (Å²) in [6, 6.07) is 7.85. The molecule has 0 amide bonds. The van der Waals surface area contributed by atoms with Gasteiger partial charge in [0.2, 0.25) is 0 Å². The second-order valence-corrected chi connectivity index (χ2v) is 4.37. The molecule has 0 spiro atoms. The SMILES string of the molecule is CN(Cc1ccc(Cl)cc1)c1cs[c]n1. The van der Waals surface area contributed by atoms with Gasteiger partial charge in [0, 0.05) is 24.0 Å². The van der Waals surface area contributed by atoms with Crippen molar-refractivity contribution in [3.05, 3.63) is 45.7 Å². The molecular weight excluding hydrogens is 228 g/mol. The molecule has 15 heavy (non-hydrogen) atoms. The Labute approximate surface area is 98.1 Å². The van der Waals surface area contributed by atoms with Crippen LogP contribution < -0.4 is 4.90 Å². The Bertz CT molecular complexity index is 411. The lowest BCUT2D eigenvalue weighted by atomic mass is 10.2. The first kappa shape index (κ1) is 10.5.